The quantitative estimate of drug-likeness (QED) is 0.868. The third kappa shape index (κ3) is 2.76. The predicted molar refractivity (Wildman–Crippen MR) is 76.7 cm³/mol. The zero-order valence-electron chi connectivity index (χ0n) is 11.4. The van der Waals surface area contributed by atoms with Gasteiger partial charge in [0.15, 0.2) is 0 Å². The fourth-order valence-corrected chi connectivity index (χ4v) is 3.15. The first-order valence-electron chi connectivity index (χ1n) is 6.68. The molecule has 0 atom stereocenters. The number of aromatic nitrogens is 1. The van der Waals surface area contributed by atoms with Crippen LogP contribution in [0.2, 0.25) is 0 Å². The van der Waals surface area contributed by atoms with Crippen LogP contribution in [0.4, 0.5) is 0 Å². The van der Waals surface area contributed by atoms with Gasteiger partial charge in [-0.1, -0.05) is 0 Å². The fourth-order valence-electron chi connectivity index (χ4n) is 2.38. The van der Waals surface area contributed by atoms with Crippen LogP contribution in [0, 0.1) is 6.92 Å². The van der Waals surface area contributed by atoms with Crippen molar-refractivity contribution in [2.45, 2.75) is 13.5 Å². The Morgan fingerprint density at radius 2 is 2.20 bits per heavy atom. The summed E-state index contributed by atoms with van der Waals surface area (Å²) in [6.07, 6.45) is 1.70. The van der Waals surface area contributed by atoms with Crippen molar-refractivity contribution in [1.82, 2.24) is 14.8 Å². The molecule has 2 aromatic rings. The minimum atomic E-state index is 0.114. The number of nitrogens with zero attached hydrogens (tertiary/aromatic N) is 3. The molecule has 1 amide bonds. The Kier molecular flexibility index (Phi) is 3.84. The number of aryl methyl sites for hydroxylation is 1. The Morgan fingerprint density at radius 1 is 1.40 bits per heavy atom. The minimum Gasteiger partial charge on any atom is -0.468 e. The van der Waals surface area contributed by atoms with Crippen LogP contribution in [0.25, 0.3) is 0 Å². The number of furan rings is 1. The molecule has 5 nitrogen and oxygen atoms in total. The van der Waals surface area contributed by atoms with Gasteiger partial charge in [0, 0.05) is 26.2 Å². The highest BCUT2D eigenvalue weighted by Gasteiger charge is 2.24. The van der Waals surface area contributed by atoms with Gasteiger partial charge in [0.25, 0.3) is 5.91 Å². The van der Waals surface area contributed by atoms with Gasteiger partial charge in [0.05, 0.1) is 24.0 Å². The second kappa shape index (κ2) is 5.76. The van der Waals surface area contributed by atoms with E-state index in [2.05, 4.69) is 9.88 Å². The van der Waals surface area contributed by atoms with Gasteiger partial charge in [-0.05, 0) is 19.1 Å². The molecule has 1 aliphatic rings. The van der Waals surface area contributed by atoms with E-state index in [1.807, 2.05) is 24.0 Å². The van der Waals surface area contributed by atoms with Gasteiger partial charge in [-0.2, -0.15) is 0 Å². The topological polar surface area (TPSA) is 49.6 Å². The second-order valence-electron chi connectivity index (χ2n) is 4.91. The smallest absolute Gasteiger partial charge is 0.265 e. The number of hydrogen-bond donors (Lipinski definition) is 0. The van der Waals surface area contributed by atoms with E-state index in [1.165, 1.54) is 11.3 Å². The van der Waals surface area contributed by atoms with Gasteiger partial charge in [0.2, 0.25) is 0 Å². The summed E-state index contributed by atoms with van der Waals surface area (Å²) in [6, 6.07) is 3.89. The summed E-state index contributed by atoms with van der Waals surface area (Å²) < 4.78 is 5.36. The van der Waals surface area contributed by atoms with Crippen LogP contribution >= 0.6 is 11.3 Å². The standard InChI is InChI=1S/C14H17N3O2S/c1-11-13(20-10-15-11)14(18)17-6-4-16(5-7-17)9-12-3-2-8-19-12/h2-3,8,10H,4-7,9H2,1H3. The van der Waals surface area contributed by atoms with Crippen molar-refractivity contribution in [3.8, 4) is 0 Å². The first-order chi connectivity index (χ1) is 9.74. The second-order valence-corrected chi connectivity index (χ2v) is 5.77. The highest BCUT2D eigenvalue weighted by Crippen LogP contribution is 2.17. The van der Waals surface area contributed by atoms with Crippen molar-refractivity contribution in [2.24, 2.45) is 0 Å². The number of piperazine rings is 1. The molecular weight excluding hydrogens is 274 g/mol. The van der Waals surface area contributed by atoms with E-state index >= 15 is 0 Å². The highest BCUT2D eigenvalue weighted by atomic mass is 32.1. The Morgan fingerprint density at radius 3 is 2.80 bits per heavy atom. The van der Waals surface area contributed by atoms with E-state index in [0.717, 1.165) is 49.1 Å². The van der Waals surface area contributed by atoms with Crippen LogP contribution in [0.15, 0.2) is 28.3 Å². The van der Waals surface area contributed by atoms with E-state index < -0.39 is 0 Å². The summed E-state index contributed by atoms with van der Waals surface area (Å²) in [5.74, 6) is 1.09. The summed E-state index contributed by atoms with van der Waals surface area (Å²) in [5, 5.41) is 0. The molecule has 106 valence electrons. The van der Waals surface area contributed by atoms with Gasteiger partial charge in [-0.15, -0.1) is 11.3 Å². The maximum atomic E-state index is 12.4. The summed E-state index contributed by atoms with van der Waals surface area (Å²) in [6.45, 7) is 5.98. The van der Waals surface area contributed by atoms with Crippen LogP contribution in [0.1, 0.15) is 21.1 Å². The van der Waals surface area contributed by atoms with Crippen LogP contribution in [0.5, 0.6) is 0 Å². The maximum absolute atomic E-state index is 12.4. The number of hydrogen-bond acceptors (Lipinski definition) is 5. The van der Waals surface area contributed by atoms with Crippen LogP contribution < -0.4 is 0 Å². The van der Waals surface area contributed by atoms with Crippen molar-refractivity contribution in [1.29, 1.82) is 0 Å². The van der Waals surface area contributed by atoms with Crippen molar-refractivity contribution in [3.63, 3.8) is 0 Å². The van der Waals surface area contributed by atoms with Gasteiger partial charge < -0.3 is 9.32 Å². The average molecular weight is 291 g/mol. The molecule has 1 aliphatic heterocycles. The molecule has 0 aliphatic carbocycles. The van der Waals surface area contributed by atoms with Gasteiger partial charge >= 0.3 is 0 Å². The van der Waals surface area contributed by atoms with Crippen molar-refractivity contribution >= 4 is 17.2 Å². The molecule has 2 aromatic heterocycles. The Hall–Kier alpha value is -1.66. The summed E-state index contributed by atoms with van der Waals surface area (Å²) >= 11 is 1.42. The SMILES string of the molecule is Cc1ncsc1C(=O)N1CCN(Cc2ccco2)CC1. The minimum absolute atomic E-state index is 0.114. The lowest BCUT2D eigenvalue weighted by atomic mass is 10.2. The lowest BCUT2D eigenvalue weighted by Crippen LogP contribution is -2.48. The van der Waals surface area contributed by atoms with Crippen molar-refractivity contribution in [2.75, 3.05) is 26.2 Å². The number of carbonyl (C=O) groups is 1. The molecular formula is C14H17N3O2S. The lowest BCUT2D eigenvalue weighted by molar-refractivity contribution is 0.0624. The molecule has 0 radical (unpaired) electrons. The molecule has 3 rings (SSSR count). The molecule has 3 heterocycles. The number of carbonyl (C=O) groups excluding carboxylic acids is 1. The van der Waals surface area contributed by atoms with E-state index in [-0.39, 0.29) is 5.91 Å². The zero-order valence-corrected chi connectivity index (χ0v) is 12.2. The maximum Gasteiger partial charge on any atom is 0.265 e. The summed E-state index contributed by atoms with van der Waals surface area (Å²) in [5.41, 5.74) is 2.56. The largest absolute Gasteiger partial charge is 0.468 e. The monoisotopic (exact) mass is 291 g/mol. The highest BCUT2D eigenvalue weighted by molar-refractivity contribution is 7.11. The number of amides is 1. The summed E-state index contributed by atoms with van der Waals surface area (Å²) in [7, 11) is 0. The number of rotatable bonds is 3. The van der Waals surface area contributed by atoms with Gasteiger partial charge in [0.1, 0.15) is 10.6 Å². The normalized spacial score (nSPS) is 16.6. The molecule has 0 bridgehead atoms. The Bertz CT molecular complexity index is 571. The molecule has 6 heteroatoms. The fraction of sp³-hybridized carbons (Fsp3) is 0.429. The van der Waals surface area contributed by atoms with E-state index in [9.17, 15) is 4.79 Å². The molecule has 0 unspecified atom stereocenters. The molecule has 1 fully saturated rings. The third-order valence-corrected chi connectivity index (χ3v) is 4.48. The van der Waals surface area contributed by atoms with Gasteiger partial charge in [-0.3, -0.25) is 9.69 Å². The Labute approximate surface area is 121 Å². The first kappa shape index (κ1) is 13.3. The van der Waals surface area contributed by atoms with E-state index in [1.54, 1.807) is 11.8 Å². The average Bonchev–Trinajstić information content (AvgIpc) is 3.10. The van der Waals surface area contributed by atoms with Gasteiger partial charge in [-0.25, -0.2) is 4.98 Å². The third-order valence-electron chi connectivity index (χ3n) is 3.56. The van der Waals surface area contributed by atoms with E-state index in [4.69, 9.17) is 4.42 Å². The van der Waals surface area contributed by atoms with Crippen LogP contribution in [-0.2, 0) is 6.54 Å². The van der Waals surface area contributed by atoms with Crippen LogP contribution in [0.3, 0.4) is 0 Å². The molecule has 0 aromatic carbocycles. The van der Waals surface area contributed by atoms with E-state index in [0.29, 0.717) is 0 Å². The van der Waals surface area contributed by atoms with Crippen LogP contribution in [-0.4, -0.2) is 46.9 Å². The Balaban J connectivity index is 1.56. The van der Waals surface area contributed by atoms with Crippen molar-refractivity contribution in [3.05, 3.63) is 40.2 Å². The molecule has 0 spiro atoms. The van der Waals surface area contributed by atoms with Crippen molar-refractivity contribution < 1.29 is 9.21 Å². The lowest BCUT2D eigenvalue weighted by Gasteiger charge is -2.34. The molecule has 1 saturated heterocycles. The predicted octanol–water partition coefficient (Wildman–Crippen LogP) is 2.00. The molecule has 20 heavy (non-hydrogen) atoms. The first-order valence-corrected chi connectivity index (χ1v) is 7.56. The zero-order chi connectivity index (χ0) is 13.9. The summed E-state index contributed by atoms with van der Waals surface area (Å²) in [4.78, 5) is 21.5. The number of thiazole rings is 1. The molecule has 0 N–H and O–H groups in total. The molecule has 0 saturated carbocycles.